The van der Waals surface area contributed by atoms with Crippen LogP contribution in [0.15, 0.2) is 22.1 Å². The lowest BCUT2D eigenvalue weighted by Crippen LogP contribution is -2.59. The first kappa shape index (κ1) is 32.0. The van der Waals surface area contributed by atoms with Gasteiger partial charge < -0.3 is 24.6 Å². The summed E-state index contributed by atoms with van der Waals surface area (Å²) in [6, 6.07) is 0. The van der Waals surface area contributed by atoms with Gasteiger partial charge in [0.15, 0.2) is 28.5 Å². The molecule has 0 bridgehead atoms. The Bertz CT molecular complexity index is 1300. The number of nitrogens with zero attached hydrogens (tertiary/aromatic N) is 2. The van der Waals surface area contributed by atoms with Crippen molar-refractivity contribution in [2.24, 2.45) is 5.73 Å². The Hall–Kier alpha value is -1.56. The number of rotatable bonds is 7. The number of anilines is 1. The lowest BCUT2D eigenvalue weighted by atomic mass is 9.89. The number of ether oxygens (including phenoxy) is 1. The van der Waals surface area contributed by atoms with Crippen LogP contribution in [0.1, 0.15) is 53.3 Å². The molecule has 1 aromatic heterocycles. The van der Waals surface area contributed by atoms with Crippen LogP contribution in [0, 0.1) is 6.92 Å². The second kappa shape index (κ2) is 10.1. The minimum absolute atomic E-state index is 0.00414. The summed E-state index contributed by atoms with van der Waals surface area (Å²) in [5.41, 5.74) is 4.85. The normalized spacial score (nSPS) is 27.7. The first-order valence-corrected chi connectivity index (χ1v) is 20.5. The van der Waals surface area contributed by atoms with E-state index >= 15 is 0 Å². The average molecular weight is 603 g/mol. The standard InChI is InChI=1S/C25H46N4O7SSi2/c1-16-13-29(22(30)28-20(16)27-8)21-19(35-39(11,12)24(5,6)7)25(17(26)15-37(31,32)36-25)18(34-21)14-33-38(9,10)23(2,3)4/h13,15,18-19,21H,14,26H2,1-12H3,(H,27,28,30)/t18-,19+,21-,25?/m1/s1. The number of nitrogens with two attached hydrogens (primary N) is 1. The van der Waals surface area contributed by atoms with Crippen LogP contribution in [-0.2, 0) is 27.9 Å². The van der Waals surface area contributed by atoms with Crippen molar-refractivity contribution in [2.45, 2.75) is 109 Å². The van der Waals surface area contributed by atoms with E-state index in [1.807, 2.05) is 20.0 Å². The second-order valence-corrected chi connectivity index (χ2v) is 24.5. The number of nitrogens with one attached hydrogen (secondary N) is 1. The molecule has 1 aromatic rings. The molecule has 2 aliphatic heterocycles. The Morgan fingerprint density at radius 2 is 1.69 bits per heavy atom. The molecule has 14 heteroatoms. The molecule has 1 fully saturated rings. The highest BCUT2D eigenvalue weighted by atomic mass is 32.2. The van der Waals surface area contributed by atoms with Crippen molar-refractivity contribution in [3.05, 3.63) is 33.3 Å². The summed E-state index contributed by atoms with van der Waals surface area (Å²) in [4.78, 5) is 17.4. The topological polar surface area (TPSA) is 144 Å². The molecule has 0 amide bonds. The Labute approximate surface area is 234 Å². The molecule has 2 aliphatic rings. The largest absolute Gasteiger partial charge is 0.414 e. The third kappa shape index (κ3) is 5.79. The van der Waals surface area contributed by atoms with Gasteiger partial charge in [0.05, 0.1) is 17.7 Å². The maximum atomic E-state index is 13.3. The quantitative estimate of drug-likeness (QED) is 0.349. The summed E-state index contributed by atoms with van der Waals surface area (Å²) in [5, 5.41) is 3.46. The van der Waals surface area contributed by atoms with Crippen molar-refractivity contribution >= 4 is 32.6 Å². The Kier molecular flexibility index (Phi) is 8.25. The molecular formula is C25H46N4O7SSi2. The van der Waals surface area contributed by atoms with Crippen molar-refractivity contribution in [1.29, 1.82) is 0 Å². The average Bonchev–Trinajstić information content (AvgIpc) is 3.18. The van der Waals surface area contributed by atoms with Gasteiger partial charge in [0.1, 0.15) is 18.0 Å². The first-order chi connectivity index (χ1) is 17.5. The van der Waals surface area contributed by atoms with Crippen molar-refractivity contribution in [1.82, 2.24) is 9.55 Å². The van der Waals surface area contributed by atoms with Crippen LogP contribution in [0.4, 0.5) is 5.82 Å². The zero-order valence-electron chi connectivity index (χ0n) is 25.3. The van der Waals surface area contributed by atoms with Gasteiger partial charge in [0, 0.05) is 18.8 Å². The molecule has 0 aromatic carbocycles. The van der Waals surface area contributed by atoms with Gasteiger partial charge in [-0.1, -0.05) is 41.5 Å². The van der Waals surface area contributed by atoms with Gasteiger partial charge >= 0.3 is 5.69 Å². The second-order valence-electron chi connectivity index (χ2n) is 13.5. The van der Waals surface area contributed by atoms with Crippen LogP contribution in [-0.4, -0.2) is 66.1 Å². The van der Waals surface area contributed by atoms with Crippen LogP contribution in [0.3, 0.4) is 0 Å². The van der Waals surface area contributed by atoms with Gasteiger partial charge in [0.2, 0.25) is 0 Å². The summed E-state index contributed by atoms with van der Waals surface area (Å²) in [7, 11) is -7.37. The van der Waals surface area contributed by atoms with E-state index in [9.17, 15) is 13.2 Å². The fourth-order valence-corrected chi connectivity index (χ4v) is 7.72. The van der Waals surface area contributed by atoms with E-state index in [1.165, 1.54) is 4.57 Å². The first-order valence-electron chi connectivity index (χ1n) is 13.2. The smallest absolute Gasteiger partial charge is 0.351 e. The van der Waals surface area contributed by atoms with Gasteiger partial charge in [-0.15, -0.1) is 0 Å². The van der Waals surface area contributed by atoms with Gasteiger partial charge in [0.25, 0.3) is 10.1 Å². The molecule has 11 nitrogen and oxygen atoms in total. The highest BCUT2D eigenvalue weighted by Gasteiger charge is 2.67. The minimum atomic E-state index is -4.15. The van der Waals surface area contributed by atoms with Gasteiger partial charge in [-0.3, -0.25) is 4.57 Å². The number of hydrogen-bond acceptors (Lipinski definition) is 10. The van der Waals surface area contributed by atoms with E-state index in [0.717, 1.165) is 5.41 Å². The molecule has 0 radical (unpaired) electrons. The fourth-order valence-electron chi connectivity index (χ4n) is 4.22. The van der Waals surface area contributed by atoms with Crippen LogP contribution in [0.5, 0.6) is 0 Å². The van der Waals surface area contributed by atoms with Crippen molar-refractivity contribution in [2.75, 3.05) is 19.0 Å². The van der Waals surface area contributed by atoms with E-state index in [0.29, 0.717) is 11.4 Å². The number of hydrogen-bond donors (Lipinski definition) is 2. The zero-order chi connectivity index (χ0) is 30.0. The molecule has 3 N–H and O–H groups in total. The van der Waals surface area contributed by atoms with Crippen molar-refractivity contribution in [3.63, 3.8) is 0 Å². The maximum absolute atomic E-state index is 13.3. The van der Waals surface area contributed by atoms with Crippen LogP contribution >= 0.6 is 0 Å². The van der Waals surface area contributed by atoms with E-state index < -0.39 is 56.5 Å². The molecule has 39 heavy (non-hydrogen) atoms. The summed E-state index contributed by atoms with van der Waals surface area (Å²) in [5.74, 6) is 0.433. The van der Waals surface area contributed by atoms with E-state index in [2.05, 4.69) is 64.9 Å². The van der Waals surface area contributed by atoms with E-state index in [4.69, 9.17) is 23.5 Å². The molecule has 222 valence electrons. The summed E-state index contributed by atoms with van der Waals surface area (Å²) in [6.45, 7) is 22.6. The van der Waals surface area contributed by atoms with E-state index in [-0.39, 0.29) is 22.4 Å². The number of aromatic nitrogens is 2. The predicted octanol–water partition coefficient (Wildman–Crippen LogP) is 3.80. The fraction of sp³-hybridized carbons (Fsp3) is 0.760. The van der Waals surface area contributed by atoms with Gasteiger partial charge in [-0.2, -0.15) is 13.4 Å². The SMILES string of the molecule is CNc1nc(=O)n([C@@H]2O[C@H](CO[Si](C)(C)C(C)(C)C)C3(OS(=O)(=O)C=C3N)[C@H]2O[Si](C)(C)C(C)(C)C)cc1C. The van der Waals surface area contributed by atoms with Crippen LogP contribution < -0.4 is 16.7 Å². The van der Waals surface area contributed by atoms with Gasteiger partial charge in [-0.05, 0) is 43.2 Å². The molecule has 0 aliphatic carbocycles. The van der Waals surface area contributed by atoms with Gasteiger partial charge in [-0.25, -0.2) is 8.98 Å². The van der Waals surface area contributed by atoms with Crippen molar-refractivity contribution < 1.29 is 26.2 Å². The Balaban J connectivity index is 2.24. The highest BCUT2D eigenvalue weighted by Crippen LogP contribution is 2.52. The molecule has 1 saturated heterocycles. The van der Waals surface area contributed by atoms with Crippen LogP contribution in [0.2, 0.25) is 36.3 Å². The van der Waals surface area contributed by atoms with Crippen molar-refractivity contribution in [3.8, 4) is 0 Å². The van der Waals surface area contributed by atoms with E-state index in [1.54, 1.807) is 13.2 Å². The molecule has 4 atom stereocenters. The Morgan fingerprint density at radius 3 is 2.15 bits per heavy atom. The molecule has 1 spiro atoms. The third-order valence-corrected chi connectivity index (χ3v) is 18.7. The van der Waals surface area contributed by atoms with Crippen LogP contribution in [0.25, 0.3) is 0 Å². The predicted molar refractivity (Wildman–Crippen MR) is 157 cm³/mol. The maximum Gasteiger partial charge on any atom is 0.351 e. The summed E-state index contributed by atoms with van der Waals surface area (Å²) < 4.78 is 52.8. The Morgan fingerprint density at radius 1 is 1.13 bits per heavy atom. The third-order valence-electron chi connectivity index (χ3n) is 8.72. The molecule has 0 saturated carbocycles. The minimum Gasteiger partial charge on any atom is -0.414 e. The number of aryl methyl sites for hydroxylation is 1. The molecule has 3 heterocycles. The monoisotopic (exact) mass is 602 g/mol. The zero-order valence-corrected chi connectivity index (χ0v) is 28.1. The lowest BCUT2D eigenvalue weighted by Gasteiger charge is -2.43. The lowest BCUT2D eigenvalue weighted by molar-refractivity contribution is -0.0562. The summed E-state index contributed by atoms with van der Waals surface area (Å²) >= 11 is 0. The summed E-state index contributed by atoms with van der Waals surface area (Å²) in [6.07, 6.45) is -1.49. The highest BCUT2D eigenvalue weighted by molar-refractivity contribution is 7.90. The molecule has 1 unspecified atom stereocenters. The molecule has 3 rings (SSSR count). The molecular weight excluding hydrogens is 557 g/mol.